The second-order valence-electron chi connectivity index (χ2n) is 7.36. The highest BCUT2D eigenvalue weighted by Gasteiger charge is 2.20. The van der Waals surface area contributed by atoms with Crippen LogP contribution in [-0.2, 0) is 17.6 Å². The van der Waals surface area contributed by atoms with Crippen LogP contribution in [0.4, 0.5) is 0 Å². The Morgan fingerprint density at radius 2 is 2.00 bits per heavy atom. The minimum Gasteiger partial charge on any atom is -0.491 e. The third-order valence-corrected chi connectivity index (χ3v) is 5.10. The van der Waals surface area contributed by atoms with E-state index in [9.17, 15) is 9.90 Å². The molecule has 0 amide bonds. The monoisotopic (exact) mass is 367 g/mol. The molecule has 0 fully saturated rings. The van der Waals surface area contributed by atoms with E-state index >= 15 is 0 Å². The smallest absolute Gasteiger partial charge is 0.130 e. The minimum absolute atomic E-state index is 0.200. The fraction of sp³-hybridized carbons (Fsp3) is 0.435. The van der Waals surface area contributed by atoms with Gasteiger partial charge >= 0.3 is 0 Å². The van der Waals surface area contributed by atoms with E-state index in [1.807, 2.05) is 24.3 Å². The molecule has 4 nitrogen and oxygen atoms in total. The highest BCUT2D eigenvalue weighted by atomic mass is 16.5. The third kappa shape index (κ3) is 5.91. The van der Waals surface area contributed by atoms with Crippen LogP contribution in [0.3, 0.4) is 0 Å². The molecule has 1 aliphatic rings. The van der Waals surface area contributed by atoms with Gasteiger partial charge in [-0.2, -0.15) is 0 Å². The average molecular weight is 367 g/mol. The van der Waals surface area contributed by atoms with Crippen molar-refractivity contribution >= 4 is 5.78 Å². The number of hydrogen-bond donors (Lipinski definition) is 2. The molecule has 27 heavy (non-hydrogen) atoms. The Hall–Kier alpha value is -2.17. The molecule has 2 N–H and O–H groups in total. The van der Waals surface area contributed by atoms with Crippen molar-refractivity contribution in [2.45, 2.75) is 51.2 Å². The zero-order valence-corrected chi connectivity index (χ0v) is 16.0. The summed E-state index contributed by atoms with van der Waals surface area (Å²) in [6.45, 7) is 2.38. The molecule has 0 aromatic heterocycles. The number of ketones is 1. The number of carbonyl (C=O) groups excluding carboxylic acids is 1. The van der Waals surface area contributed by atoms with Crippen LogP contribution >= 0.6 is 0 Å². The predicted molar refractivity (Wildman–Crippen MR) is 107 cm³/mol. The maximum atomic E-state index is 11.0. The molecule has 0 bridgehead atoms. The second-order valence-corrected chi connectivity index (χ2v) is 7.36. The van der Waals surface area contributed by atoms with Crippen molar-refractivity contribution in [1.82, 2.24) is 5.32 Å². The third-order valence-electron chi connectivity index (χ3n) is 5.10. The van der Waals surface area contributed by atoms with Crippen molar-refractivity contribution in [3.63, 3.8) is 0 Å². The molecule has 0 unspecified atom stereocenters. The first-order valence-corrected chi connectivity index (χ1v) is 9.82. The molecule has 0 heterocycles. The first kappa shape index (κ1) is 19.6. The lowest BCUT2D eigenvalue weighted by Crippen LogP contribution is -2.35. The Balaban J connectivity index is 1.42. The van der Waals surface area contributed by atoms with E-state index in [1.165, 1.54) is 17.5 Å². The van der Waals surface area contributed by atoms with Gasteiger partial charge in [-0.1, -0.05) is 36.4 Å². The number of aliphatic hydroxyl groups excluding tert-OH is 1. The van der Waals surface area contributed by atoms with Gasteiger partial charge in [0.2, 0.25) is 0 Å². The number of aryl methyl sites for hydroxylation is 2. The maximum absolute atomic E-state index is 11.0. The van der Waals surface area contributed by atoms with E-state index in [2.05, 4.69) is 29.6 Å². The van der Waals surface area contributed by atoms with Gasteiger partial charge in [0.1, 0.15) is 24.2 Å². The standard InChI is InChI=1S/C23H29NO3/c1-17(25)9-10-18-11-13-21(14-12-18)27-16-20(26)15-24-23-8-4-6-19-5-2-3-7-22(19)23/h2-3,5,7,11-14,20,23-24,26H,4,6,8-10,15-16H2,1H3/t20-,23-/m1/s1. The van der Waals surface area contributed by atoms with Crippen molar-refractivity contribution in [1.29, 1.82) is 0 Å². The summed E-state index contributed by atoms with van der Waals surface area (Å²) in [5.41, 5.74) is 3.89. The highest BCUT2D eigenvalue weighted by molar-refractivity contribution is 5.75. The fourth-order valence-corrected chi connectivity index (χ4v) is 3.57. The van der Waals surface area contributed by atoms with E-state index in [0.29, 0.717) is 19.0 Å². The van der Waals surface area contributed by atoms with Gasteiger partial charge in [0, 0.05) is 19.0 Å². The van der Waals surface area contributed by atoms with Crippen LogP contribution in [-0.4, -0.2) is 30.1 Å². The van der Waals surface area contributed by atoms with Crippen LogP contribution < -0.4 is 10.1 Å². The molecule has 3 rings (SSSR count). The van der Waals surface area contributed by atoms with Crippen LogP contribution in [0.5, 0.6) is 5.75 Å². The molecule has 144 valence electrons. The Labute approximate surface area is 161 Å². The average Bonchev–Trinajstić information content (AvgIpc) is 2.69. The van der Waals surface area contributed by atoms with Crippen molar-refractivity contribution in [3.05, 3.63) is 65.2 Å². The number of fused-ring (bicyclic) bond motifs is 1. The van der Waals surface area contributed by atoms with Crippen molar-refractivity contribution in [2.24, 2.45) is 0 Å². The fourth-order valence-electron chi connectivity index (χ4n) is 3.57. The molecule has 2 atom stereocenters. The predicted octanol–water partition coefficient (Wildman–Crippen LogP) is 3.62. The van der Waals surface area contributed by atoms with Gasteiger partial charge in [-0.3, -0.25) is 0 Å². The molecule has 2 aromatic carbocycles. The van der Waals surface area contributed by atoms with Gasteiger partial charge in [0.15, 0.2) is 0 Å². The molecule has 0 saturated carbocycles. The summed E-state index contributed by atoms with van der Waals surface area (Å²) in [6.07, 6.45) is 4.18. The molecular formula is C23H29NO3. The lowest BCUT2D eigenvalue weighted by molar-refractivity contribution is -0.116. The van der Waals surface area contributed by atoms with Gasteiger partial charge in [-0.15, -0.1) is 0 Å². The van der Waals surface area contributed by atoms with Crippen LogP contribution in [0.2, 0.25) is 0 Å². The maximum Gasteiger partial charge on any atom is 0.130 e. The number of hydrogen-bond acceptors (Lipinski definition) is 4. The number of nitrogens with one attached hydrogen (secondary N) is 1. The SMILES string of the molecule is CC(=O)CCc1ccc(OC[C@H](O)CN[C@@H]2CCCc3ccccc32)cc1. The molecule has 2 aromatic rings. The Bertz CT molecular complexity index is 742. The van der Waals surface area contributed by atoms with Gasteiger partial charge < -0.3 is 20.0 Å². The summed E-state index contributed by atoms with van der Waals surface area (Å²) in [6, 6.07) is 16.6. The molecule has 0 aliphatic heterocycles. The zero-order chi connectivity index (χ0) is 19.1. The number of Topliss-reactive ketones (excluding diaryl/α,β-unsaturated/α-hetero) is 1. The second kappa shape index (κ2) is 9.67. The normalized spacial score (nSPS) is 17.2. The summed E-state index contributed by atoms with van der Waals surface area (Å²) in [5, 5.41) is 13.8. The number of ether oxygens (including phenoxy) is 1. The van der Waals surface area contributed by atoms with Crippen molar-refractivity contribution < 1.29 is 14.6 Å². The largest absolute Gasteiger partial charge is 0.491 e. The van der Waals surface area contributed by atoms with Crippen LogP contribution in [0, 0.1) is 0 Å². The van der Waals surface area contributed by atoms with Gasteiger partial charge in [0.25, 0.3) is 0 Å². The quantitative estimate of drug-likeness (QED) is 0.711. The number of benzene rings is 2. The van der Waals surface area contributed by atoms with Crippen LogP contribution in [0.25, 0.3) is 0 Å². The first-order chi connectivity index (χ1) is 13.1. The molecule has 0 spiro atoms. The lowest BCUT2D eigenvalue weighted by Gasteiger charge is -2.27. The summed E-state index contributed by atoms with van der Waals surface area (Å²) >= 11 is 0. The van der Waals surface area contributed by atoms with Gasteiger partial charge in [-0.05, 0) is 61.4 Å². The van der Waals surface area contributed by atoms with E-state index in [0.717, 1.165) is 30.6 Å². The molecule has 0 radical (unpaired) electrons. The summed E-state index contributed by atoms with van der Waals surface area (Å²) in [7, 11) is 0. The van der Waals surface area contributed by atoms with Gasteiger partial charge in [0.05, 0.1) is 0 Å². The highest BCUT2D eigenvalue weighted by Crippen LogP contribution is 2.29. The minimum atomic E-state index is -0.559. The number of aliphatic hydroxyl groups is 1. The Morgan fingerprint density at radius 1 is 1.22 bits per heavy atom. The first-order valence-electron chi connectivity index (χ1n) is 9.82. The Morgan fingerprint density at radius 3 is 2.78 bits per heavy atom. The topological polar surface area (TPSA) is 58.6 Å². The summed E-state index contributed by atoms with van der Waals surface area (Å²) in [5.74, 6) is 0.940. The van der Waals surface area contributed by atoms with E-state index in [4.69, 9.17) is 4.74 Å². The molecule has 1 aliphatic carbocycles. The zero-order valence-electron chi connectivity index (χ0n) is 16.0. The number of rotatable bonds is 9. The van der Waals surface area contributed by atoms with Crippen LogP contribution in [0.15, 0.2) is 48.5 Å². The van der Waals surface area contributed by atoms with E-state index < -0.39 is 6.10 Å². The Kier molecular flexibility index (Phi) is 7.02. The summed E-state index contributed by atoms with van der Waals surface area (Å²) in [4.78, 5) is 11.0. The van der Waals surface area contributed by atoms with Crippen molar-refractivity contribution in [3.8, 4) is 5.75 Å². The number of carbonyl (C=O) groups is 1. The molecule has 4 heteroatoms. The van der Waals surface area contributed by atoms with Crippen LogP contribution in [0.1, 0.15) is 48.9 Å². The van der Waals surface area contributed by atoms with E-state index in [1.54, 1.807) is 6.92 Å². The summed E-state index contributed by atoms with van der Waals surface area (Å²) < 4.78 is 5.70. The lowest BCUT2D eigenvalue weighted by atomic mass is 9.88. The van der Waals surface area contributed by atoms with Gasteiger partial charge in [-0.25, -0.2) is 0 Å². The van der Waals surface area contributed by atoms with E-state index in [-0.39, 0.29) is 12.4 Å². The molecule has 0 saturated heterocycles. The molecular weight excluding hydrogens is 338 g/mol. The van der Waals surface area contributed by atoms with Crippen molar-refractivity contribution in [2.75, 3.05) is 13.2 Å².